The first kappa shape index (κ1) is 17.3. The van der Waals surface area contributed by atoms with E-state index >= 15 is 0 Å². The van der Waals surface area contributed by atoms with Gasteiger partial charge in [-0.1, -0.05) is 12.1 Å². The van der Waals surface area contributed by atoms with Gasteiger partial charge in [-0.3, -0.25) is 4.90 Å². The summed E-state index contributed by atoms with van der Waals surface area (Å²) < 4.78 is 5.83. The largest absolute Gasteiger partial charge is 0.491 e. The van der Waals surface area contributed by atoms with Crippen LogP contribution in [-0.4, -0.2) is 43.2 Å². The lowest BCUT2D eigenvalue weighted by molar-refractivity contribution is 0.122. The summed E-state index contributed by atoms with van der Waals surface area (Å²) in [6.07, 6.45) is 4.28. The maximum Gasteiger partial charge on any atom is 0.120 e. The molecule has 0 amide bonds. The summed E-state index contributed by atoms with van der Waals surface area (Å²) in [7, 11) is 0. The highest BCUT2D eigenvalue weighted by Crippen LogP contribution is 2.41. The maximum atomic E-state index is 9.95. The second-order valence-electron chi connectivity index (χ2n) is 7.41. The van der Waals surface area contributed by atoms with Crippen LogP contribution in [0.1, 0.15) is 45.1 Å². The molecule has 1 aromatic carbocycles. The lowest BCUT2D eigenvalue weighted by Gasteiger charge is -2.42. The van der Waals surface area contributed by atoms with E-state index in [1.165, 1.54) is 0 Å². The highest BCUT2D eigenvalue weighted by molar-refractivity contribution is 5.39. The van der Waals surface area contributed by atoms with Gasteiger partial charge in [0.1, 0.15) is 5.75 Å². The highest BCUT2D eigenvalue weighted by atomic mass is 16.5. The van der Waals surface area contributed by atoms with Crippen LogP contribution in [-0.2, 0) is 5.41 Å². The van der Waals surface area contributed by atoms with E-state index in [0.29, 0.717) is 6.04 Å². The van der Waals surface area contributed by atoms with E-state index in [9.17, 15) is 5.26 Å². The van der Waals surface area contributed by atoms with Crippen LogP contribution in [0.3, 0.4) is 0 Å². The molecule has 1 aromatic rings. The third-order valence-corrected chi connectivity index (χ3v) is 5.45. The Labute approximate surface area is 145 Å². The van der Waals surface area contributed by atoms with Crippen molar-refractivity contribution >= 4 is 0 Å². The van der Waals surface area contributed by atoms with Crippen molar-refractivity contribution in [1.29, 1.82) is 5.26 Å². The number of nitriles is 1. The Balaban J connectivity index is 1.71. The summed E-state index contributed by atoms with van der Waals surface area (Å²) in [6, 6.07) is 11.5. The highest BCUT2D eigenvalue weighted by Gasteiger charge is 2.39. The number of hydrogen-bond donors (Lipinski definition) is 1. The Morgan fingerprint density at radius 1 is 1.25 bits per heavy atom. The van der Waals surface area contributed by atoms with Gasteiger partial charge in [-0.25, -0.2) is 0 Å². The van der Waals surface area contributed by atoms with Crippen molar-refractivity contribution in [2.24, 2.45) is 0 Å². The lowest BCUT2D eigenvalue weighted by atomic mass is 9.69. The van der Waals surface area contributed by atoms with Crippen molar-refractivity contribution in [3.63, 3.8) is 0 Å². The van der Waals surface area contributed by atoms with E-state index in [1.54, 1.807) is 0 Å². The smallest absolute Gasteiger partial charge is 0.120 e. The molecule has 0 spiro atoms. The van der Waals surface area contributed by atoms with Gasteiger partial charge in [-0.2, -0.15) is 5.26 Å². The fraction of sp³-hybridized carbons (Fsp3) is 0.650. The van der Waals surface area contributed by atoms with Crippen molar-refractivity contribution in [3.05, 3.63) is 29.8 Å². The molecular formula is C20H29N3O. The normalized spacial score (nSPS) is 28.5. The number of hydrogen-bond acceptors (Lipinski definition) is 4. The molecule has 1 heterocycles. The monoisotopic (exact) mass is 327 g/mol. The summed E-state index contributed by atoms with van der Waals surface area (Å²) in [5.41, 5.74) is 0.780. The summed E-state index contributed by atoms with van der Waals surface area (Å²) in [4.78, 5) is 2.61. The standard InChI is InChI=1S/C20H29N3O/c1-16(2)24-19-5-3-4-17(14-19)20(15-21)8-6-18(7-9-20)23-12-10-22-11-13-23/h3-5,14,16,18,22H,6-13H2,1-2H3. The topological polar surface area (TPSA) is 48.3 Å². The molecular weight excluding hydrogens is 298 g/mol. The van der Waals surface area contributed by atoms with Crippen LogP contribution in [0.25, 0.3) is 0 Å². The van der Waals surface area contributed by atoms with Crippen LogP contribution in [0.2, 0.25) is 0 Å². The second-order valence-corrected chi connectivity index (χ2v) is 7.41. The van der Waals surface area contributed by atoms with Gasteiger partial charge < -0.3 is 10.1 Å². The van der Waals surface area contributed by atoms with Gasteiger partial charge in [0.15, 0.2) is 0 Å². The van der Waals surface area contributed by atoms with Gasteiger partial charge in [-0.15, -0.1) is 0 Å². The first-order valence-electron chi connectivity index (χ1n) is 9.26. The molecule has 0 atom stereocenters. The Kier molecular flexibility index (Phi) is 5.43. The molecule has 3 rings (SSSR count). The second kappa shape index (κ2) is 7.55. The van der Waals surface area contributed by atoms with Crippen LogP contribution in [0.4, 0.5) is 0 Å². The number of ether oxygens (including phenoxy) is 1. The van der Waals surface area contributed by atoms with Crippen LogP contribution in [0.15, 0.2) is 24.3 Å². The van der Waals surface area contributed by atoms with Crippen LogP contribution in [0, 0.1) is 11.3 Å². The zero-order valence-electron chi connectivity index (χ0n) is 14.9. The Bertz CT molecular complexity index is 579. The minimum Gasteiger partial charge on any atom is -0.491 e. The van der Waals surface area contributed by atoms with Crippen molar-refractivity contribution in [2.75, 3.05) is 26.2 Å². The van der Waals surface area contributed by atoms with Crippen LogP contribution in [0.5, 0.6) is 5.75 Å². The fourth-order valence-electron chi connectivity index (χ4n) is 4.11. The van der Waals surface area contributed by atoms with E-state index in [4.69, 9.17) is 4.74 Å². The zero-order chi connectivity index (χ0) is 17.0. The number of nitrogens with one attached hydrogen (secondary N) is 1. The number of nitrogens with zero attached hydrogens (tertiary/aromatic N) is 2. The lowest BCUT2D eigenvalue weighted by Crippen LogP contribution is -2.50. The Morgan fingerprint density at radius 2 is 1.96 bits per heavy atom. The summed E-state index contributed by atoms with van der Waals surface area (Å²) in [6.45, 7) is 8.53. The molecule has 1 saturated heterocycles. The summed E-state index contributed by atoms with van der Waals surface area (Å²) in [5.74, 6) is 0.876. The van der Waals surface area contributed by atoms with E-state index in [0.717, 1.165) is 63.2 Å². The molecule has 0 bridgehead atoms. The van der Waals surface area contributed by atoms with Gasteiger partial charge in [0.2, 0.25) is 0 Å². The SMILES string of the molecule is CC(C)Oc1cccc(C2(C#N)CCC(N3CCNCC3)CC2)c1. The minimum atomic E-state index is -0.346. The molecule has 0 radical (unpaired) electrons. The summed E-state index contributed by atoms with van der Waals surface area (Å²) in [5, 5.41) is 13.4. The molecule has 0 unspecified atom stereocenters. The first-order valence-corrected chi connectivity index (χ1v) is 9.26. The minimum absolute atomic E-state index is 0.154. The predicted molar refractivity (Wildman–Crippen MR) is 96.2 cm³/mol. The van der Waals surface area contributed by atoms with Gasteiger partial charge in [0, 0.05) is 32.2 Å². The van der Waals surface area contributed by atoms with Crippen molar-refractivity contribution in [3.8, 4) is 11.8 Å². The molecule has 4 heteroatoms. The van der Waals surface area contributed by atoms with Crippen molar-refractivity contribution in [2.45, 2.75) is 57.1 Å². The number of rotatable bonds is 4. The van der Waals surface area contributed by atoms with Gasteiger partial charge in [0.05, 0.1) is 17.6 Å². The van der Waals surface area contributed by atoms with Gasteiger partial charge >= 0.3 is 0 Å². The molecule has 4 nitrogen and oxygen atoms in total. The molecule has 1 aliphatic carbocycles. The molecule has 1 aliphatic heterocycles. The van der Waals surface area contributed by atoms with Gasteiger partial charge in [0.25, 0.3) is 0 Å². The number of benzene rings is 1. The summed E-state index contributed by atoms with van der Waals surface area (Å²) >= 11 is 0. The molecule has 1 saturated carbocycles. The van der Waals surface area contributed by atoms with E-state index in [-0.39, 0.29) is 11.5 Å². The predicted octanol–water partition coefficient (Wildman–Crippen LogP) is 3.08. The average molecular weight is 327 g/mol. The van der Waals surface area contributed by atoms with Crippen molar-refractivity contribution < 1.29 is 4.74 Å². The van der Waals surface area contributed by atoms with Crippen LogP contribution < -0.4 is 10.1 Å². The van der Waals surface area contributed by atoms with E-state index in [1.807, 2.05) is 26.0 Å². The molecule has 1 N–H and O–H groups in total. The van der Waals surface area contributed by atoms with E-state index < -0.39 is 0 Å². The molecule has 130 valence electrons. The number of piperazine rings is 1. The molecule has 24 heavy (non-hydrogen) atoms. The van der Waals surface area contributed by atoms with Crippen molar-refractivity contribution in [1.82, 2.24) is 10.2 Å². The Hall–Kier alpha value is -1.57. The zero-order valence-corrected chi connectivity index (χ0v) is 14.9. The van der Waals surface area contributed by atoms with Gasteiger partial charge in [-0.05, 0) is 57.2 Å². The molecule has 0 aromatic heterocycles. The Morgan fingerprint density at radius 3 is 2.58 bits per heavy atom. The third-order valence-electron chi connectivity index (χ3n) is 5.45. The maximum absolute atomic E-state index is 9.95. The van der Waals surface area contributed by atoms with Crippen LogP contribution >= 0.6 is 0 Å². The quantitative estimate of drug-likeness (QED) is 0.923. The molecule has 2 fully saturated rings. The average Bonchev–Trinajstić information content (AvgIpc) is 2.62. The third kappa shape index (κ3) is 3.74. The molecule has 2 aliphatic rings. The fourth-order valence-corrected chi connectivity index (χ4v) is 4.11. The van der Waals surface area contributed by atoms with E-state index in [2.05, 4.69) is 28.4 Å². The first-order chi connectivity index (χ1) is 11.6.